The minimum absolute atomic E-state index is 0.246. The highest BCUT2D eigenvalue weighted by Gasteiger charge is 2.19. The second-order valence-electron chi connectivity index (χ2n) is 4.31. The molecule has 6 heteroatoms. The minimum atomic E-state index is -0.361. The molecule has 1 atom stereocenters. The summed E-state index contributed by atoms with van der Waals surface area (Å²) in [5, 5.41) is 5.48. The molecule has 0 radical (unpaired) electrons. The molecule has 0 aliphatic heterocycles. The summed E-state index contributed by atoms with van der Waals surface area (Å²) in [4.78, 5) is 0.936. The van der Waals surface area contributed by atoms with Crippen LogP contribution in [-0.2, 0) is 7.05 Å². The Bertz CT molecular complexity index is 730. The van der Waals surface area contributed by atoms with Crippen molar-refractivity contribution in [1.29, 1.82) is 0 Å². The number of benzene rings is 1. The lowest BCUT2D eigenvalue weighted by Gasteiger charge is -2.10. The summed E-state index contributed by atoms with van der Waals surface area (Å²) in [6, 6.07) is 6.26. The van der Waals surface area contributed by atoms with Gasteiger partial charge in [-0.25, -0.2) is 4.39 Å². The molecule has 0 saturated carbocycles. The van der Waals surface area contributed by atoms with Gasteiger partial charge in [-0.3, -0.25) is 4.68 Å². The molecule has 1 aromatic carbocycles. The van der Waals surface area contributed by atoms with Gasteiger partial charge in [0.05, 0.1) is 23.0 Å². The Labute approximate surface area is 118 Å². The first-order valence-corrected chi connectivity index (χ1v) is 6.87. The van der Waals surface area contributed by atoms with Gasteiger partial charge in [0.2, 0.25) is 0 Å². The van der Waals surface area contributed by atoms with Crippen molar-refractivity contribution < 1.29 is 4.39 Å². The summed E-state index contributed by atoms with van der Waals surface area (Å²) in [6.07, 6.45) is 1.57. The van der Waals surface area contributed by atoms with Gasteiger partial charge in [0, 0.05) is 16.6 Å². The summed E-state index contributed by atoms with van der Waals surface area (Å²) < 4.78 is 15.9. The Hall–Kier alpha value is -1.43. The molecule has 3 aromatic rings. The molecule has 0 spiro atoms. The average Bonchev–Trinajstić information content (AvgIpc) is 2.92. The van der Waals surface area contributed by atoms with Gasteiger partial charge in [-0.05, 0) is 29.7 Å². The van der Waals surface area contributed by atoms with E-state index in [1.54, 1.807) is 24.0 Å². The van der Waals surface area contributed by atoms with E-state index in [2.05, 4.69) is 5.10 Å². The molecular weight excluding hydrogens is 285 g/mol. The molecule has 2 N–H and O–H groups in total. The van der Waals surface area contributed by atoms with Crippen molar-refractivity contribution in [3.63, 3.8) is 0 Å². The van der Waals surface area contributed by atoms with Gasteiger partial charge in [0.15, 0.2) is 0 Å². The van der Waals surface area contributed by atoms with Crippen molar-refractivity contribution in [3.8, 4) is 0 Å². The zero-order chi connectivity index (χ0) is 13.6. The number of aryl methyl sites for hydroxylation is 1. The SMILES string of the molecule is Cn1ncc(Cl)c1C(N)c1cc2cc(F)ccc2s1. The molecule has 2 heterocycles. The summed E-state index contributed by atoms with van der Waals surface area (Å²) in [5.41, 5.74) is 6.99. The van der Waals surface area contributed by atoms with Crippen molar-refractivity contribution >= 4 is 33.0 Å². The van der Waals surface area contributed by atoms with Crippen LogP contribution in [0.5, 0.6) is 0 Å². The van der Waals surface area contributed by atoms with Crippen molar-refractivity contribution in [3.05, 3.63) is 51.9 Å². The monoisotopic (exact) mass is 295 g/mol. The molecule has 98 valence electrons. The number of aromatic nitrogens is 2. The van der Waals surface area contributed by atoms with Gasteiger partial charge in [-0.2, -0.15) is 5.10 Å². The molecule has 0 aliphatic carbocycles. The molecule has 19 heavy (non-hydrogen) atoms. The van der Waals surface area contributed by atoms with E-state index < -0.39 is 0 Å². The van der Waals surface area contributed by atoms with Gasteiger partial charge in [0.1, 0.15) is 5.82 Å². The van der Waals surface area contributed by atoms with Crippen molar-refractivity contribution in [2.45, 2.75) is 6.04 Å². The number of nitrogens with two attached hydrogens (primary N) is 1. The molecule has 0 aliphatic rings. The van der Waals surface area contributed by atoms with E-state index in [0.717, 1.165) is 20.7 Å². The van der Waals surface area contributed by atoms with Crippen molar-refractivity contribution in [1.82, 2.24) is 9.78 Å². The summed E-state index contributed by atoms with van der Waals surface area (Å²) in [5.74, 6) is -0.246. The van der Waals surface area contributed by atoms with Crippen molar-refractivity contribution in [2.24, 2.45) is 12.8 Å². The largest absolute Gasteiger partial charge is 0.318 e. The Morgan fingerprint density at radius 3 is 2.89 bits per heavy atom. The molecule has 0 fully saturated rings. The smallest absolute Gasteiger partial charge is 0.123 e. The van der Waals surface area contributed by atoms with E-state index >= 15 is 0 Å². The topological polar surface area (TPSA) is 43.8 Å². The predicted octanol–water partition coefficient (Wildman–Crippen LogP) is 3.48. The van der Waals surface area contributed by atoms with E-state index in [-0.39, 0.29) is 11.9 Å². The van der Waals surface area contributed by atoms with Crippen LogP contribution in [0.15, 0.2) is 30.5 Å². The zero-order valence-corrected chi connectivity index (χ0v) is 11.7. The van der Waals surface area contributed by atoms with Crippen LogP contribution >= 0.6 is 22.9 Å². The van der Waals surface area contributed by atoms with E-state index in [9.17, 15) is 4.39 Å². The van der Waals surface area contributed by atoms with Crippen LogP contribution < -0.4 is 5.73 Å². The first-order valence-electron chi connectivity index (χ1n) is 5.68. The molecule has 3 nitrogen and oxygen atoms in total. The molecule has 2 aromatic heterocycles. The third-order valence-electron chi connectivity index (χ3n) is 3.04. The number of hydrogen-bond donors (Lipinski definition) is 1. The lowest BCUT2D eigenvalue weighted by molar-refractivity contribution is 0.630. The highest BCUT2D eigenvalue weighted by molar-refractivity contribution is 7.19. The van der Waals surface area contributed by atoms with Gasteiger partial charge < -0.3 is 5.73 Å². The van der Waals surface area contributed by atoms with Crippen LogP contribution in [0.3, 0.4) is 0 Å². The first kappa shape index (κ1) is 12.6. The van der Waals surface area contributed by atoms with Gasteiger partial charge in [-0.1, -0.05) is 11.6 Å². The Kier molecular flexibility index (Phi) is 3.05. The number of rotatable bonds is 2. The third kappa shape index (κ3) is 2.14. The molecule has 0 amide bonds. The maximum absolute atomic E-state index is 13.2. The van der Waals surface area contributed by atoms with Gasteiger partial charge in [-0.15, -0.1) is 11.3 Å². The minimum Gasteiger partial charge on any atom is -0.318 e. The van der Waals surface area contributed by atoms with E-state index in [1.165, 1.54) is 23.5 Å². The predicted molar refractivity (Wildman–Crippen MR) is 76.0 cm³/mol. The lowest BCUT2D eigenvalue weighted by Crippen LogP contribution is -2.15. The summed E-state index contributed by atoms with van der Waals surface area (Å²) in [7, 11) is 1.80. The Morgan fingerprint density at radius 1 is 1.42 bits per heavy atom. The normalized spacial score (nSPS) is 13.1. The first-order chi connectivity index (χ1) is 9.06. The second-order valence-corrected chi connectivity index (χ2v) is 5.83. The number of hydrogen-bond acceptors (Lipinski definition) is 3. The fraction of sp³-hybridized carbons (Fsp3) is 0.154. The van der Waals surface area contributed by atoms with Gasteiger partial charge >= 0.3 is 0 Å². The van der Waals surface area contributed by atoms with Gasteiger partial charge in [0.25, 0.3) is 0 Å². The highest BCUT2D eigenvalue weighted by Crippen LogP contribution is 2.34. The van der Waals surface area contributed by atoms with Crippen molar-refractivity contribution in [2.75, 3.05) is 0 Å². The lowest BCUT2D eigenvalue weighted by atomic mass is 10.1. The molecule has 0 saturated heterocycles. The highest BCUT2D eigenvalue weighted by atomic mass is 35.5. The maximum atomic E-state index is 13.2. The van der Waals surface area contributed by atoms with E-state index in [4.69, 9.17) is 17.3 Å². The average molecular weight is 296 g/mol. The molecule has 1 unspecified atom stereocenters. The maximum Gasteiger partial charge on any atom is 0.123 e. The molecule has 3 rings (SSSR count). The van der Waals surface area contributed by atoms with Crippen LogP contribution in [0.2, 0.25) is 5.02 Å². The number of halogens is 2. The van der Waals surface area contributed by atoms with Crippen LogP contribution in [0.1, 0.15) is 16.6 Å². The van der Waals surface area contributed by atoms with Crippen LogP contribution in [0, 0.1) is 5.82 Å². The molecular formula is C13H11ClFN3S. The summed E-state index contributed by atoms with van der Waals surface area (Å²) in [6.45, 7) is 0. The standard InChI is InChI=1S/C13H11ClFN3S/c1-18-13(9(14)6-17-18)12(16)11-5-7-4-8(15)2-3-10(7)19-11/h2-6,12H,16H2,1H3. The van der Waals surface area contributed by atoms with E-state index in [1.807, 2.05) is 6.07 Å². The summed E-state index contributed by atoms with van der Waals surface area (Å²) >= 11 is 7.63. The van der Waals surface area contributed by atoms with Crippen LogP contribution in [0.4, 0.5) is 4.39 Å². The number of fused-ring (bicyclic) bond motifs is 1. The fourth-order valence-electron chi connectivity index (χ4n) is 2.09. The van der Waals surface area contributed by atoms with E-state index in [0.29, 0.717) is 5.02 Å². The molecule has 0 bridgehead atoms. The van der Waals surface area contributed by atoms with Crippen LogP contribution in [0.25, 0.3) is 10.1 Å². The zero-order valence-electron chi connectivity index (χ0n) is 10.1. The van der Waals surface area contributed by atoms with Crippen LogP contribution in [-0.4, -0.2) is 9.78 Å². The number of thiophene rings is 1. The third-order valence-corrected chi connectivity index (χ3v) is 4.53. The Morgan fingerprint density at radius 2 is 2.21 bits per heavy atom. The second kappa shape index (κ2) is 4.59. The Balaban J connectivity index is 2.09. The quantitative estimate of drug-likeness (QED) is 0.786. The fourth-order valence-corrected chi connectivity index (χ4v) is 3.43. The number of nitrogens with zero attached hydrogens (tertiary/aromatic N) is 2.